The summed E-state index contributed by atoms with van der Waals surface area (Å²) in [5.74, 6) is 0.0616. The van der Waals surface area contributed by atoms with Crippen LogP contribution < -0.4 is 10.1 Å². The highest BCUT2D eigenvalue weighted by molar-refractivity contribution is 8.00. The van der Waals surface area contributed by atoms with Crippen LogP contribution in [0.5, 0.6) is 5.88 Å². The van der Waals surface area contributed by atoms with Crippen LogP contribution in [0.15, 0.2) is 35.2 Å². The monoisotopic (exact) mass is 277 g/mol. The highest BCUT2D eigenvalue weighted by atomic mass is 32.2. The Labute approximate surface area is 114 Å². The number of thioether (sulfide) groups is 1. The summed E-state index contributed by atoms with van der Waals surface area (Å²) in [4.78, 5) is 8.80. The number of aromatic nitrogens is 2. The van der Waals surface area contributed by atoms with Crippen LogP contribution in [0, 0.1) is 12.9 Å². The number of fused-ring (bicyclic) bond motifs is 1. The summed E-state index contributed by atoms with van der Waals surface area (Å²) < 4.78 is 18.6. The molecule has 98 valence electrons. The molecule has 0 aliphatic carbocycles. The largest absolute Gasteiger partial charge is 0.474 e. The van der Waals surface area contributed by atoms with Crippen LogP contribution in [0.1, 0.15) is 5.82 Å². The minimum atomic E-state index is -0.571. The Balaban J connectivity index is 1.62. The minimum absolute atomic E-state index is 0.107. The van der Waals surface area contributed by atoms with E-state index in [1.165, 1.54) is 11.0 Å². The van der Waals surface area contributed by atoms with Gasteiger partial charge >= 0.3 is 0 Å². The molecule has 0 bridgehead atoms. The van der Waals surface area contributed by atoms with Crippen molar-refractivity contribution in [3.8, 4) is 5.88 Å². The molecule has 0 fully saturated rings. The number of rotatable bonds is 3. The molecule has 0 spiro atoms. The molecule has 3 rings (SSSR count). The molecule has 0 saturated heterocycles. The normalized spacial score (nSPS) is 16.8. The summed E-state index contributed by atoms with van der Waals surface area (Å²) in [6.45, 7) is 2.05. The van der Waals surface area contributed by atoms with Gasteiger partial charge in [-0.15, -0.1) is 0 Å². The summed E-state index contributed by atoms with van der Waals surface area (Å²) in [6.07, 6.45) is 0. The molecule has 0 radical (unpaired) electrons. The van der Waals surface area contributed by atoms with E-state index in [-0.39, 0.29) is 11.3 Å². The first-order valence-electron chi connectivity index (χ1n) is 5.87. The number of anilines is 1. The second-order valence-corrected chi connectivity index (χ2v) is 5.38. The van der Waals surface area contributed by atoms with Crippen LogP contribution in [-0.4, -0.2) is 21.9 Å². The summed E-state index contributed by atoms with van der Waals surface area (Å²) in [5, 5.41) is 3.44. The number of hydrogen-bond acceptors (Lipinski definition) is 5. The standard InChI is InChI=1S/C13H12FN3OS/c1-8-15-11(14)6-12(16-8)18-7-13-17-9-4-2-3-5-10(9)19-13/h2-6,13,17H,7H2,1H3. The molecule has 19 heavy (non-hydrogen) atoms. The van der Waals surface area contributed by atoms with Gasteiger partial charge in [-0.05, 0) is 19.1 Å². The molecule has 1 aromatic carbocycles. The van der Waals surface area contributed by atoms with Crippen LogP contribution in [0.2, 0.25) is 0 Å². The molecule has 1 aliphatic heterocycles. The molecule has 1 N–H and O–H groups in total. The first-order chi connectivity index (χ1) is 9.20. The number of nitrogens with one attached hydrogen (secondary N) is 1. The van der Waals surface area contributed by atoms with Crippen molar-refractivity contribution in [3.05, 3.63) is 42.1 Å². The van der Waals surface area contributed by atoms with Crippen molar-refractivity contribution >= 4 is 17.4 Å². The smallest absolute Gasteiger partial charge is 0.219 e. The molecule has 1 atom stereocenters. The number of para-hydroxylation sites is 1. The molecular weight excluding hydrogens is 265 g/mol. The van der Waals surface area contributed by atoms with Gasteiger partial charge < -0.3 is 10.1 Å². The summed E-state index contributed by atoms with van der Waals surface area (Å²) in [7, 11) is 0. The number of nitrogens with zero attached hydrogens (tertiary/aromatic N) is 2. The van der Waals surface area contributed by atoms with Gasteiger partial charge in [0.2, 0.25) is 11.8 Å². The van der Waals surface area contributed by atoms with Gasteiger partial charge in [-0.1, -0.05) is 23.9 Å². The molecule has 4 nitrogen and oxygen atoms in total. The SMILES string of the molecule is Cc1nc(F)cc(OCC2Nc3ccccc3S2)n1. The fourth-order valence-corrected chi connectivity index (χ4v) is 2.90. The Morgan fingerprint density at radius 1 is 1.37 bits per heavy atom. The van der Waals surface area contributed by atoms with Crippen molar-refractivity contribution < 1.29 is 9.13 Å². The number of halogens is 1. The molecule has 2 heterocycles. The number of aryl methyl sites for hydroxylation is 1. The van der Waals surface area contributed by atoms with E-state index in [1.54, 1.807) is 18.7 Å². The van der Waals surface area contributed by atoms with Gasteiger partial charge in [-0.25, -0.2) is 4.98 Å². The van der Waals surface area contributed by atoms with Crippen molar-refractivity contribution in [2.24, 2.45) is 0 Å². The molecule has 0 amide bonds. The average Bonchev–Trinajstić information content (AvgIpc) is 2.78. The first kappa shape index (κ1) is 12.2. The quantitative estimate of drug-likeness (QED) is 0.874. The van der Waals surface area contributed by atoms with E-state index in [1.807, 2.05) is 18.2 Å². The van der Waals surface area contributed by atoms with Gasteiger partial charge in [0, 0.05) is 10.6 Å². The zero-order valence-corrected chi connectivity index (χ0v) is 11.1. The lowest BCUT2D eigenvalue weighted by Gasteiger charge is -2.11. The first-order valence-corrected chi connectivity index (χ1v) is 6.75. The topological polar surface area (TPSA) is 47.0 Å². The van der Waals surface area contributed by atoms with Gasteiger partial charge in [0.05, 0.1) is 6.07 Å². The average molecular weight is 277 g/mol. The summed E-state index contributed by atoms with van der Waals surface area (Å²) >= 11 is 1.69. The lowest BCUT2D eigenvalue weighted by molar-refractivity contribution is 0.308. The molecule has 1 aromatic heterocycles. The summed E-state index contributed by atoms with van der Waals surface area (Å²) in [5.41, 5.74) is 1.10. The van der Waals surface area contributed by atoms with E-state index in [9.17, 15) is 4.39 Å². The van der Waals surface area contributed by atoms with E-state index in [4.69, 9.17) is 4.74 Å². The Bertz CT molecular complexity index is 563. The van der Waals surface area contributed by atoms with Gasteiger partial charge in [-0.3, -0.25) is 0 Å². The van der Waals surface area contributed by atoms with Crippen LogP contribution >= 0.6 is 11.8 Å². The van der Waals surface area contributed by atoms with E-state index >= 15 is 0 Å². The molecule has 0 saturated carbocycles. The van der Waals surface area contributed by atoms with Crippen molar-refractivity contribution in [3.63, 3.8) is 0 Å². The van der Waals surface area contributed by atoms with Gasteiger partial charge in [0.25, 0.3) is 0 Å². The minimum Gasteiger partial charge on any atom is -0.474 e. The number of ether oxygens (including phenoxy) is 1. The zero-order valence-electron chi connectivity index (χ0n) is 10.3. The van der Waals surface area contributed by atoms with Crippen LogP contribution in [0.3, 0.4) is 0 Å². The van der Waals surface area contributed by atoms with Gasteiger partial charge in [-0.2, -0.15) is 9.37 Å². The third kappa shape index (κ3) is 2.78. The molecular formula is C13H12FN3OS. The Kier molecular flexibility index (Phi) is 3.25. The zero-order chi connectivity index (χ0) is 13.2. The highest BCUT2D eigenvalue weighted by Crippen LogP contribution is 2.37. The predicted octanol–water partition coefficient (Wildman–Crippen LogP) is 2.85. The Morgan fingerprint density at radius 3 is 3.00 bits per heavy atom. The molecule has 1 unspecified atom stereocenters. The van der Waals surface area contributed by atoms with Crippen molar-refractivity contribution in [1.82, 2.24) is 9.97 Å². The second kappa shape index (κ2) is 5.05. The van der Waals surface area contributed by atoms with E-state index in [0.29, 0.717) is 12.4 Å². The maximum atomic E-state index is 13.1. The van der Waals surface area contributed by atoms with Crippen molar-refractivity contribution in [2.45, 2.75) is 17.2 Å². The highest BCUT2D eigenvalue weighted by Gasteiger charge is 2.21. The van der Waals surface area contributed by atoms with Gasteiger partial charge in [0.15, 0.2) is 0 Å². The van der Waals surface area contributed by atoms with E-state index < -0.39 is 5.95 Å². The second-order valence-electron chi connectivity index (χ2n) is 4.13. The molecule has 6 heteroatoms. The fraction of sp³-hybridized carbons (Fsp3) is 0.231. The maximum Gasteiger partial charge on any atom is 0.219 e. The van der Waals surface area contributed by atoms with E-state index in [2.05, 4.69) is 21.4 Å². The third-order valence-electron chi connectivity index (χ3n) is 2.64. The lowest BCUT2D eigenvalue weighted by atomic mass is 10.3. The Hall–Kier alpha value is -1.82. The number of hydrogen-bond donors (Lipinski definition) is 1. The van der Waals surface area contributed by atoms with Crippen molar-refractivity contribution in [2.75, 3.05) is 11.9 Å². The van der Waals surface area contributed by atoms with Crippen LogP contribution in [-0.2, 0) is 0 Å². The lowest BCUT2D eigenvalue weighted by Crippen LogP contribution is -2.20. The molecule has 2 aromatic rings. The third-order valence-corrected chi connectivity index (χ3v) is 3.79. The van der Waals surface area contributed by atoms with Crippen molar-refractivity contribution in [1.29, 1.82) is 0 Å². The summed E-state index contributed by atoms with van der Waals surface area (Å²) in [6, 6.07) is 9.26. The fourth-order valence-electron chi connectivity index (χ4n) is 1.86. The van der Waals surface area contributed by atoms with Gasteiger partial charge in [0.1, 0.15) is 17.8 Å². The van der Waals surface area contributed by atoms with E-state index in [0.717, 1.165) is 5.69 Å². The van der Waals surface area contributed by atoms with Crippen LogP contribution in [0.25, 0.3) is 0 Å². The molecule has 1 aliphatic rings. The number of benzene rings is 1. The Morgan fingerprint density at radius 2 is 2.21 bits per heavy atom. The predicted molar refractivity (Wildman–Crippen MR) is 71.9 cm³/mol. The maximum absolute atomic E-state index is 13.1. The van der Waals surface area contributed by atoms with Crippen LogP contribution in [0.4, 0.5) is 10.1 Å².